The summed E-state index contributed by atoms with van der Waals surface area (Å²) in [4.78, 5) is 0. The van der Waals surface area contributed by atoms with Crippen molar-refractivity contribution in [2.45, 2.75) is 13.2 Å². The highest BCUT2D eigenvalue weighted by Gasteiger charge is 2.08. The molecule has 0 bridgehead atoms. The Morgan fingerprint density at radius 1 is 0.808 bits per heavy atom. The summed E-state index contributed by atoms with van der Waals surface area (Å²) in [5.74, 6) is -1.93. The molecule has 0 unspecified atom stereocenters. The molecule has 3 aromatic rings. The summed E-state index contributed by atoms with van der Waals surface area (Å²) in [6, 6.07) is 17.2. The van der Waals surface area contributed by atoms with Crippen LogP contribution < -0.4 is 15.6 Å². The third kappa shape index (κ3) is 4.77. The number of rotatable bonds is 7. The van der Waals surface area contributed by atoms with E-state index in [4.69, 9.17) is 4.74 Å². The zero-order chi connectivity index (χ0) is 18.4. The number of halogens is 3. The fraction of sp³-hybridized carbons (Fsp3) is 0.100. The average Bonchev–Trinajstić information content (AvgIpc) is 2.63. The van der Waals surface area contributed by atoms with Crippen molar-refractivity contribution in [3.8, 4) is 5.75 Å². The zero-order valence-electron chi connectivity index (χ0n) is 13.8. The molecule has 0 aliphatic rings. The second-order valence-electron chi connectivity index (χ2n) is 5.63. The summed E-state index contributed by atoms with van der Waals surface area (Å²) in [6.07, 6.45) is 0. The van der Waals surface area contributed by atoms with Gasteiger partial charge in [0.05, 0.1) is 0 Å². The van der Waals surface area contributed by atoms with Crippen LogP contribution in [0.4, 0.5) is 18.9 Å². The molecule has 0 heterocycles. The molecule has 0 radical (unpaired) electrons. The van der Waals surface area contributed by atoms with E-state index in [1.165, 1.54) is 18.2 Å². The van der Waals surface area contributed by atoms with Crippen molar-refractivity contribution in [3.05, 3.63) is 95.3 Å². The number of anilines is 1. The normalized spacial score (nSPS) is 10.6. The van der Waals surface area contributed by atoms with Crippen LogP contribution in [0, 0.1) is 17.5 Å². The molecular formula is C20H17F3N2O. The van der Waals surface area contributed by atoms with Gasteiger partial charge in [-0.15, -0.1) is 0 Å². The van der Waals surface area contributed by atoms with Gasteiger partial charge in [0.1, 0.15) is 18.2 Å². The Bertz CT molecular complexity index is 872. The van der Waals surface area contributed by atoms with E-state index < -0.39 is 17.5 Å². The van der Waals surface area contributed by atoms with Gasteiger partial charge in [0.15, 0.2) is 11.6 Å². The van der Waals surface area contributed by atoms with Crippen molar-refractivity contribution in [1.82, 2.24) is 5.43 Å². The van der Waals surface area contributed by atoms with Gasteiger partial charge in [-0.2, -0.15) is 0 Å². The summed E-state index contributed by atoms with van der Waals surface area (Å²) in [5, 5.41) is 0. The minimum atomic E-state index is -0.724. The van der Waals surface area contributed by atoms with Gasteiger partial charge in [0.25, 0.3) is 0 Å². The number of benzene rings is 3. The predicted octanol–water partition coefficient (Wildman–Crippen LogP) is 4.80. The Kier molecular flexibility index (Phi) is 5.76. The first-order valence-corrected chi connectivity index (χ1v) is 8.01. The van der Waals surface area contributed by atoms with Crippen molar-refractivity contribution in [2.75, 3.05) is 5.43 Å². The Morgan fingerprint density at radius 3 is 2.35 bits per heavy atom. The molecule has 26 heavy (non-hydrogen) atoms. The first-order chi connectivity index (χ1) is 12.6. The number of hydrogen-bond acceptors (Lipinski definition) is 3. The SMILES string of the molecule is Fc1ccc(COc2ccc(CNNc3ccccc3)cc2F)c(F)c1. The fourth-order valence-corrected chi connectivity index (χ4v) is 2.34. The number of nitrogens with one attached hydrogen (secondary N) is 2. The van der Waals surface area contributed by atoms with Gasteiger partial charge in [-0.25, -0.2) is 18.6 Å². The zero-order valence-corrected chi connectivity index (χ0v) is 13.8. The minimum absolute atomic E-state index is 0.00786. The highest BCUT2D eigenvalue weighted by atomic mass is 19.1. The summed E-state index contributed by atoms with van der Waals surface area (Å²) in [7, 11) is 0. The molecule has 0 atom stereocenters. The van der Waals surface area contributed by atoms with Crippen molar-refractivity contribution in [3.63, 3.8) is 0 Å². The summed E-state index contributed by atoms with van der Waals surface area (Å²) in [5.41, 5.74) is 7.77. The lowest BCUT2D eigenvalue weighted by Crippen LogP contribution is -2.20. The van der Waals surface area contributed by atoms with Gasteiger partial charge in [-0.3, -0.25) is 0 Å². The molecule has 6 heteroatoms. The van der Waals surface area contributed by atoms with E-state index in [1.54, 1.807) is 6.07 Å². The highest BCUT2D eigenvalue weighted by Crippen LogP contribution is 2.20. The van der Waals surface area contributed by atoms with Crippen molar-refractivity contribution in [2.24, 2.45) is 0 Å². The third-order valence-electron chi connectivity index (χ3n) is 3.69. The lowest BCUT2D eigenvalue weighted by atomic mass is 10.2. The first kappa shape index (κ1) is 17.8. The maximum atomic E-state index is 14.1. The monoisotopic (exact) mass is 358 g/mol. The van der Waals surface area contributed by atoms with Crippen molar-refractivity contribution < 1.29 is 17.9 Å². The molecule has 3 nitrogen and oxygen atoms in total. The Labute approximate surface area is 149 Å². The molecule has 3 rings (SSSR count). The molecule has 0 fully saturated rings. The van der Waals surface area contributed by atoms with Crippen molar-refractivity contribution in [1.29, 1.82) is 0 Å². The summed E-state index contributed by atoms with van der Waals surface area (Å²) in [6.45, 7) is 0.217. The second-order valence-corrected chi connectivity index (χ2v) is 5.63. The van der Waals surface area contributed by atoms with Gasteiger partial charge < -0.3 is 10.2 Å². The number of ether oxygens (including phenoxy) is 1. The van der Waals surface area contributed by atoms with E-state index in [0.717, 1.165) is 17.8 Å². The van der Waals surface area contributed by atoms with Crippen LogP contribution in [0.1, 0.15) is 11.1 Å². The van der Waals surface area contributed by atoms with Gasteiger partial charge in [0, 0.05) is 23.9 Å². The molecule has 134 valence electrons. The largest absolute Gasteiger partial charge is 0.486 e. The highest BCUT2D eigenvalue weighted by molar-refractivity contribution is 5.41. The predicted molar refractivity (Wildman–Crippen MR) is 94.0 cm³/mol. The summed E-state index contributed by atoms with van der Waals surface area (Å²) >= 11 is 0. The first-order valence-electron chi connectivity index (χ1n) is 8.01. The number of para-hydroxylation sites is 1. The van der Waals surface area contributed by atoms with Crippen LogP contribution in [0.25, 0.3) is 0 Å². The fourth-order valence-electron chi connectivity index (χ4n) is 2.34. The van der Waals surface area contributed by atoms with Crippen LogP contribution in [-0.4, -0.2) is 0 Å². The van der Waals surface area contributed by atoms with E-state index >= 15 is 0 Å². The van der Waals surface area contributed by atoms with Crippen LogP contribution in [0.2, 0.25) is 0 Å². The topological polar surface area (TPSA) is 33.3 Å². The maximum absolute atomic E-state index is 14.1. The molecule has 0 aliphatic carbocycles. The lowest BCUT2D eigenvalue weighted by molar-refractivity contribution is 0.284. The van der Waals surface area contributed by atoms with E-state index in [1.807, 2.05) is 30.3 Å². The summed E-state index contributed by atoms with van der Waals surface area (Å²) < 4.78 is 45.9. The molecule has 0 amide bonds. The minimum Gasteiger partial charge on any atom is -0.486 e. The van der Waals surface area contributed by atoms with E-state index in [9.17, 15) is 13.2 Å². The van der Waals surface area contributed by atoms with E-state index in [0.29, 0.717) is 12.1 Å². The number of hydrogen-bond donors (Lipinski definition) is 2. The van der Waals surface area contributed by atoms with Crippen LogP contribution in [0.5, 0.6) is 5.75 Å². The van der Waals surface area contributed by atoms with Crippen LogP contribution in [0.3, 0.4) is 0 Å². The van der Waals surface area contributed by atoms with Crippen molar-refractivity contribution >= 4 is 5.69 Å². The molecule has 2 N–H and O–H groups in total. The average molecular weight is 358 g/mol. The smallest absolute Gasteiger partial charge is 0.165 e. The standard InChI is InChI=1S/C20H17F3N2O/c21-16-8-7-15(18(22)11-16)13-26-20-9-6-14(10-19(20)23)12-24-25-17-4-2-1-3-5-17/h1-11,24-25H,12-13H2. The van der Waals surface area contributed by atoms with Gasteiger partial charge >= 0.3 is 0 Å². The van der Waals surface area contributed by atoms with Crippen LogP contribution in [0.15, 0.2) is 66.7 Å². The number of hydrazine groups is 1. The second kappa shape index (κ2) is 8.40. The van der Waals surface area contributed by atoms with E-state index in [2.05, 4.69) is 10.9 Å². The Morgan fingerprint density at radius 2 is 1.62 bits per heavy atom. The molecule has 3 aromatic carbocycles. The molecule has 0 saturated carbocycles. The molecule has 0 aliphatic heterocycles. The quantitative estimate of drug-likeness (QED) is 0.595. The van der Waals surface area contributed by atoms with Crippen LogP contribution >= 0.6 is 0 Å². The Hall–Kier alpha value is -2.99. The third-order valence-corrected chi connectivity index (χ3v) is 3.69. The molecular weight excluding hydrogens is 341 g/mol. The van der Waals surface area contributed by atoms with E-state index in [-0.39, 0.29) is 17.9 Å². The molecule has 0 saturated heterocycles. The van der Waals surface area contributed by atoms with Crippen LogP contribution in [-0.2, 0) is 13.2 Å². The van der Waals surface area contributed by atoms with Gasteiger partial charge in [0.2, 0.25) is 0 Å². The molecule has 0 spiro atoms. The maximum Gasteiger partial charge on any atom is 0.165 e. The van der Waals surface area contributed by atoms with Gasteiger partial charge in [-0.1, -0.05) is 24.3 Å². The molecule has 0 aromatic heterocycles. The lowest BCUT2D eigenvalue weighted by Gasteiger charge is -2.11. The Balaban J connectivity index is 1.55. The van der Waals surface area contributed by atoms with Gasteiger partial charge in [-0.05, 0) is 42.0 Å².